The van der Waals surface area contributed by atoms with Crippen molar-refractivity contribution in [1.29, 1.82) is 0 Å². The first kappa shape index (κ1) is 17.7. The highest BCUT2D eigenvalue weighted by Crippen LogP contribution is 2.27. The molecule has 126 valence electrons. The molecule has 24 heavy (non-hydrogen) atoms. The van der Waals surface area contributed by atoms with Gasteiger partial charge in [-0.2, -0.15) is 5.10 Å². The highest BCUT2D eigenvalue weighted by Gasteiger charge is 2.10. The van der Waals surface area contributed by atoms with E-state index >= 15 is 0 Å². The number of carbonyl (C=O) groups excluding carboxylic acids is 1. The number of nitrogens with zero attached hydrogens (tertiary/aromatic N) is 1. The van der Waals surface area contributed by atoms with Crippen molar-refractivity contribution < 1.29 is 9.53 Å². The van der Waals surface area contributed by atoms with Crippen molar-refractivity contribution >= 4 is 11.6 Å². The zero-order chi connectivity index (χ0) is 17.5. The van der Waals surface area contributed by atoms with Gasteiger partial charge >= 0.3 is 0 Å². The van der Waals surface area contributed by atoms with Crippen LogP contribution in [0.5, 0.6) is 5.75 Å². The molecule has 0 bridgehead atoms. The number of carbonyl (C=O) groups is 1. The van der Waals surface area contributed by atoms with E-state index < -0.39 is 0 Å². The van der Waals surface area contributed by atoms with Crippen LogP contribution in [0, 0.1) is 6.92 Å². The van der Waals surface area contributed by atoms with Crippen LogP contribution in [-0.4, -0.2) is 18.2 Å². The minimum Gasteiger partial charge on any atom is -0.483 e. The highest BCUT2D eigenvalue weighted by atomic mass is 16.5. The molecule has 0 spiro atoms. The van der Waals surface area contributed by atoms with Gasteiger partial charge in [0.1, 0.15) is 5.75 Å². The quantitative estimate of drug-likeness (QED) is 0.644. The van der Waals surface area contributed by atoms with Crippen molar-refractivity contribution in [2.24, 2.45) is 5.10 Å². The van der Waals surface area contributed by atoms with E-state index in [0.717, 1.165) is 28.2 Å². The lowest BCUT2D eigenvalue weighted by atomic mass is 10.0. The van der Waals surface area contributed by atoms with Crippen molar-refractivity contribution in [3.8, 4) is 5.75 Å². The van der Waals surface area contributed by atoms with Crippen LogP contribution in [0.15, 0.2) is 53.6 Å². The van der Waals surface area contributed by atoms with Gasteiger partial charge in [-0.15, -0.1) is 0 Å². The Morgan fingerprint density at radius 1 is 1.17 bits per heavy atom. The van der Waals surface area contributed by atoms with Crippen LogP contribution < -0.4 is 10.2 Å². The molecule has 0 aliphatic carbocycles. The summed E-state index contributed by atoms with van der Waals surface area (Å²) in [6.45, 7) is 8.00. The molecule has 0 fully saturated rings. The molecule has 2 aromatic carbocycles. The van der Waals surface area contributed by atoms with E-state index in [-0.39, 0.29) is 12.5 Å². The van der Waals surface area contributed by atoms with Crippen LogP contribution in [0.3, 0.4) is 0 Å². The van der Waals surface area contributed by atoms with Crippen molar-refractivity contribution in [3.05, 3.63) is 65.2 Å². The normalized spacial score (nSPS) is 11.5. The highest BCUT2D eigenvalue weighted by molar-refractivity contribution is 5.99. The molecule has 4 nitrogen and oxygen atoms in total. The third-order valence-electron chi connectivity index (χ3n) is 3.69. The molecular weight excluding hydrogens is 300 g/mol. The van der Waals surface area contributed by atoms with Crippen molar-refractivity contribution in [2.45, 2.75) is 33.6 Å². The Morgan fingerprint density at radius 3 is 2.54 bits per heavy atom. The van der Waals surface area contributed by atoms with Crippen LogP contribution >= 0.6 is 0 Å². The first-order valence-corrected chi connectivity index (χ1v) is 8.09. The molecule has 0 radical (unpaired) electrons. The third-order valence-corrected chi connectivity index (χ3v) is 3.69. The summed E-state index contributed by atoms with van der Waals surface area (Å²) in [7, 11) is 0. The van der Waals surface area contributed by atoms with E-state index in [1.807, 2.05) is 56.3 Å². The number of ether oxygens (including phenoxy) is 1. The Morgan fingerprint density at radius 2 is 1.88 bits per heavy atom. The Kier molecular flexibility index (Phi) is 6.13. The molecule has 0 atom stereocenters. The summed E-state index contributed by atoms with van der Waals surface area (Å²) in [4.78, 5) is 12.0. The number of hydrogen-bond donors (Lipinski definition) is 1. The standard InChI is InChI=1S/C20H24N2O2/c1-14(2)18-11-10-15(3)12-19(18)24-13-20(23)22-21-16(4)17-8-6-5-7-9-17/h5-12,14H,13H2,1-4H3,(H,22,23). The number of hydrogen-bond acceptors (Lipinski definition) is 3. The van der Waals surface area contributed by atoms with Gasteiger partial charge in [0, 0.05) is 0 Å². The van der Waals surface area contributed by atoms with Gasteiger partial charge in [-0.3, -0.25) is 4.79 Å². The molecule has 2 aromatic rings. The fraction of sp³-hybridized carbons (Fsp3) is 0.300. The largest absolute Gasteiger partial charge is 0.483 e. The number of amides is 1. The summed E-state index contributed by atoms with van der Waals surface area (Å²) in [5, 5.41) is 4.12. The summed E-state index contributed by atoms with van der Waals surface area (Å²) < 4.78 is 5.70. The number of aryl methyl sites for hydroxylation is 1. The number of nitrogens with one attached hydrogen (secondary N) is 1. The second-order valence-electron chi connectivity index (χ2n) is 6.08. The molecular formula is C20H24N2O2. The molecule has 0 aliphatic rings. The first-order chi connectivity index (χ1) is 11.5. The van der Waals surface area contributed by atoms with Crippen LogP contribution in [0.4, 0.5) is 0 Å². The van der Waals surface area contributed by atoms with E-state index in [2.05, 4.69) is 30.4 Å². The average Bonchev–Trinajstić information content (AvgIpc) is 2.58. The Balaban J connectivity index is 1.95. The number of rotatable bonds is 6. The van der Waals surface area contributed by atoms with Gasteiger partial charge in [0.25, 0.3) is 5.91 Å². The minimum absolute atomic E-state index is 0.0608. The van der Waals surface area contributed by atoms with E-state index in [9.17, 15) is 4.79 Å². The van der Waals surface area contributed by atoms with Crippen molar-refractivity contribution in [2.75, 3.05) is 6.61 Å². The second kappa shape index (κ2) is 8.29. The maximum absolute atomic E-state index is 12.0. The van der Waals surface area contributed by atoms with E-state index in [1.165, 1.54) is 0 Å². The fourth-order valence-corrected chi connectivity index (χ4v) is 2.31. The van der Waals surface area contributed by atoms with E-state index in [1.54, 1.807) is 0 Å². The molecule has 0 saturated heterocycles. The number of benzene rings is 2. The Hall–Kier alpha value is -2.62. The smallest absolute Gasteiger partial charge is 0.277 e. The lowest BCUT2D eigenvalue weighted by Gasteiger charge is -2.14. The van der Waals surface area contributed by atoms with Crippen LogP contribution in [0.1, 0.15) is 43.4 Å². The van der Waals surface area contributed by atoms with Crippen LogP contribution in [0.25, 0.3) is 0 Å². The SMILES string of the molecule is CC(=NNC(=O)COc1cc(C)ccc1C(C)C)c1ccccc1. The van der Waals surface area contributed by atoms with Gasteiger partial charge in [0.15, 0.2) is 6.61 Å². The van der Waals surface area contributed by atoms with Crippen LogP contribution in [-0.2, 0) is 4.79 Å². The predicted octanol–water partition coefficient (Wildman–Crippen LogP) is 4.04. The van der Waals surface area contributed by atoms with Gasteiger partial charge in [0.05, 0.1) is 5.71 Å². The summed E-state index contributed by atoms with van der Waals surface area (Å²) in [6.07, 6.45) is 0. The molecule has 1 N–H and O–H groups in total. The molecule has 1 amide bonds. The lowest BCUT2D eigenvalue weighted by molar-refractivity contribution is -0.123. The topological polar surface area (TPSA) is 50.7 Å². The summed E-state index contributed by atoms with van der Waals surface area (Å²) >= 11 is 0. The zero-order valence-electron chi connectivity index (χ0n) is 14.7. The molecule has 0 aromatic heterocycles. The molecule has 2 rings (SSSR count). The minimum atomic E-state index is -0.276. The van der Waals surface area contributed by atoms with E-state index in [0.29, 0.717) is 5.92 Å². The molecule has 4 heteroatoms. The number of hydrazone groups is 1. The van der Waals surface area contributed by atoms with E-state index in [4.69, 9.17) is 4.74 Å². The fourth-order valence-electron chi connectivity index (χ4n) is 2.31. The maximum Gasteiger partial charge on any atom is 0.277 e. The van der Waals surface area contributed by atoms with Crippen molar-refractivity contribution in [3.63, 3.8) is 0 Å². The van der Waals surface area contributed by atoms with Gasteiger partial charge < -0.3 is 4.74 Å². The maximum atomic E-state index is 12.0. The summed E-state index contributed by atoms with van der Waals surface area (Å²) in [6, 6.07) is 15.8. The average molecular weight is 324 g/mol. The van der Waals surface area contributed by atoms with Crippen molar-refractivity contribution in [1.82, 2.24) is 5.43 Å². The van der Waals surface area contributed by atoms with Gasteiger partial charge in [-0.1, -0.05) is 56.3 Å². The molecule has 0 heterocycles. The molecule has 0 aliphatic heterocycles. The second-order valence-corrected chi connectivity index (χ2v) is 6.08. The summed E-state index contributed by atoms with van der Waals surface area (Å²) in [5.74, 6) is 0.812. The van der Waals surface area contributed by atoms with Gasteiger partial charge in [0.2, 0.25) is 0 Å². The lowest BCUT2D eigenvalue weighted by Crippen LogP contribution is -2.26. The van der Waals surface area contributed by atoms with Crippen LogP contribution in [0.2, 0.25) is 0 Å². The van der Waals surface area contributed by atoms with Gasteiger partial charge in [-0.05, 0) is 42.5 Å². The third kappa shape index (κ3) is 4.95. The molecule has 0 saturated carbocycles. The predicted molar refractivity (Wildman–Crippen MR) is 97.6 cm³/mol. The Labute approximate surface area is 143 Å². The first-order valence-electron chi connectivity index (χ1n) is 8.09. The molecule has 0 unspecified atom stereocenters. The monoisotopic (exact) mass is 324 g/mol. The Bertz CT molecular complexity index is 722. The van der Waals surface area contributed by atoms with Gasteiger partial charge in [-0.25, -0.2) is 5.43 Å². The zero-order valence-corrected chi connectivity index (χ0v) is 14.7. The summed E-state index contributed by atoms with van der Waals surface area (Å²) in [5.41, 5.74) is 6.46.